The molecular weight excluding hydrogens is 374 g/mol. The molecule has 0 saturated carbocycles. The molecule has 28 heavy (non-hydrogen) atoms. The van der Waals surface area contributed by atoms with Crippen molar-refractivity contribution in [3.05, 3.63) is 40.0 Å². The van der Waals surface area contributed by atoms with E-state index in [0.29, 0.717) is 31.1 Å². The number of amides is 2. The van der Waals surface area contributed by atoms with Gasteiger partial charge in [-0.05, 0) is 25.3 Å². The number of hydrogen-bond acceptors (Lipinski definition) is 6. The van der Waals surface area contributed by atoms with Crippen molar-refractivity contribution < 1.29 is 9.59 Å². The van der Waals surface area contributed by atoms with Gasteiger partial charge in [0.2, 0.25) is 5.91 Å². The van der Waals surface area contributed by atoms with E-state index in [0.717, 1.165) is 17.3 Å². The number of nitrogens with one attached hydrogen (secondary N) is 1. The van der Waals surface area contributed by atoms with Crippen LogP contribution >= 0.6 is 11.3 Å². The molecule has 8 heteroatoms. The van der Waals surface area contributed by atoms with Crippen LogP contribution in [0.3, 0.4) is 0 Å². The van der Waals surface area contributed by atoms with Gasteiger partial charge in [0.25, 0.3) is 5.91 Å². The first-order chi connectivity index (χ1) is 13.3. The molecule has 150 valence electrons. The van der Waals surface area contributed by atoms with Gasteiger partial charge in [0.1, 0.15) is 17.7 Å². The first kappa shape index (κ1) is 20.3. The molecule has 1 saturated heterocycles. The van der Waals surface area contributed by atoms with Crippen molar-refractivity contribution in [3.63, 3.8) is 0 Å². The molecule has 1 unspecified atom stereocenters. The van der Waals surface area contributed by atoms with Crippen LogP contribution in [0.15, 0.2) is 23.6 Å². The third-order valence-electron chi connectivity index (χ3n) is 4.75. The fourth-order valence-corrected chi connectivity index (χ4v) is 3.79. The molecule has 2 amide bonds. The van der Waals surface area contributed by atoms with Crippen LogP contribution in [0.4, 0.5) is 5.82 Å². The average Bonchev–Trinajstić information content (AvgIpc) is 3.22. The van der Waals surface area contributed by atoms with Crippen LogP contribution in [0.1, 0.15) is 47.9 Å². The summed E-state index contributed by atoms with van der Waals surface area (Å²) in [4.78, 5) is 38.7. The highest BCUT2D eigenvalue weighted by Gasteiger charge is 2.27. The summed E-state index contributed by atoms with van der Waals surface area (Å²) in [6.45, 7) is 10.5. The van der Waals surface area contributed by atoms with Gasteiger partial charge in [0.05, 0.1) is 4.88 Å². The van der Waals surface area contributed by atoms with Crippen LogP contribution in [0.5, 0.6) is 0 Å². The van der Waals surface area contributed by atoms with Crippen molar-refractivity contribution in [2.45, 2.75) is 39.7 Å². The number of anilines is 1. The lowest BCUT2D eigenvalue weighted by atomic mass is 10.2. The number of aromatic nitrogens is 2. The van der Waals surface area contributed by atoms with Crippen LogP contribution in [-0.4, -0.2) is 58.9 Å². The Bertz CT molecular complexity index is 829. The van der Waals surface area contributed by atoms with Crippen molar-refractivity contribution in [2.24, 2.45) is 0 Å². The maximum Gasteiger partial charge on any atom is 0.261 e. The topological polar surface area (TPSA) is 78.4 Å². The smallest absolute Gasteiger partial charge is 0.261 e. The van der Waals surface area contributed by atoms with Gasteiger partial charge in [-0.3, -0.25) is 9.59 Å². The van der Waals surface area contributed by atoms with Crippen LogP contribution in [-0.2, 0) is 4.79 Å². The van der Waals surface area contributed by atoms with E-state index in [4.69, 9.17) is 0 Å². The predicted octanol–water partition coefficient (Wildman–Crippen LogP) is 2.44. The Hall–Kier alpha value is -2.48. The Morgan fingerprint density at radius 3 is 2.46 bits per heavy atom. The number of hydrogen-bond donors (Lipinski definition) is 1. The second kappa shape index (κ2) is 8.68. The van der Waals surface area contributed by atoms with Gasteiger partial charge in [-0.25, -0.2) is 9.97 Å². The normalized spacial score (nSPS) is 15.6. The zero-order chi connectivity index (χ0) is 20.3. The van der Waals surface area contributed by atoms with Crippen molar-refractivity contribution >= 4 is 29.0 Å². The zero-order valence-electron chi connectivity index (χ0n) is 16.8. The van der Waals surface area contributed by atoms with Gasteiger partial charge in [0.15, 0.2) is 0 Å². The van der Waals surface area contributed by atoms with Crippen LogP contribution in [0, 0.1) is 6.92 Å². The van der Waals surface area contributed by atoms with Crippen molar-refractivity contribution in [2.75, 3.05) is 31.1 Å². The lowest BCUT2D eigenvalue weighted by Crippen LogP contribution is -2.54. The minimum atomic E-state index is -0.546. The number of rotatable bonds is 5. The minimum Gasteiger partial charge on any atom is -0.353 e. The van der Waals surface area contributed by atoms with E-state index in [1.165, 1.54) is 11.3 Å². The molecule has 1 N–H and O–H groups in total. The summed E-state index contributed by atoms with van der Waals surface area (Å²) in [5, 5.41) is 4.64. The van der Waals surface area contributed by atoms with Crippen molar-refractivity contribution in [1.82, 2.24) is 20.2 Å². The molecule has 7 nitrogen and oxygen atoms in total. The fraction of sp³-hybridized carbons (Fsp3) is 0.500. The maximum atomic E-state index is 12.7. The van der Waals surface area contributed by atoms with Gasteiger partial charge in [-0.1, -0.05) is 19.9 Å². The summed E-state index contributed by atoms with van der Waals surface area (Å²) < 4.78 is 0. The third-order valence-corrected chi connectivity index (χ3v) is 5.62. The highest BCUT2D eigenvalue weighted by Crippen LogP contribution is 2.19. The summed E-state index contributed by atoms with van der Waals surface area (Å²) in [7, 11) is 0. The molecule has 2 aromatic rings. The summed E-state index contributed by atoms with van der Waals surface area (Å²) >= 11 is 1.37. The van der Waals surface area contributed by atoms with E-state index in [9.17, 15) is 9.59 Å². The Kier molecular flexibility index (Phi) is 6.28. The fourth-order valence-electron chi connectivity index (χ4n) is 3.16. The highest BCUT2D eigenvalue weighted by atomic mass is 32.1. The van der Waals surface area contributed by atoms with Gasteiger partial charge >= 0.3 is 0 Å². The number of nitrogens with zero attached hydrogens (tertiary/aromatic N) is 4. The SMILES string of the molecule is Cc1cc(N2CCN(C(=O)C(C)NC(=O)c3cccs3)CC2)nc(C(C)C)n1. The zero-order valence-corrected chi connectivity index (χ0v) is 17.6. The molecule has 0 aromatic carbocycles. The molecule has 0 bridgehead atoms. The van der Waals surface area contributed by atoms with Gasteiger partial charge in [-0.2, -0.15) is 0 Å². The van der Waals surface area contributed by atoms with E-state index in [-0.39, 0.29) is 17.7 Å². The van der Waals surface area contributed by atoms with Crippen LogP contribution in [0.25, 0.3) is 0 Å². The number of carbonyl (C=O) groups excluding carboxylic acids is 2. The Balaban J connectivity index is 1.57. The molecule has 1 aliphatic heterocycles. The lowest BCUT2D eigenvalue weighted by Gasteiger charge is -2.36. The van der Waals surface area contributed by atoms with E-state index in [2.05, 4.69) is 34.0 Å². The largest absolute Gasteiger partial charge is 0.353 e. The van der Waals surface area contributed by atoms with Crippen molar-refractivity contribution in [3.8, 4) is 0 Å². The first-order valence-electron chi connectivity index (χ1n) is 9.59. The molecule has 1 atom stereocenters. The van der Waals surface area contributed by atoms with Gasteiger partial charge < -0.3 is 15.1 Å². The number of piperazine rings is 1. The number of aryl methyl sites for hydroxylation is 1. The molecule has 0 spiro atoms. The Morgan fingerprint density at radius 2 is 1.86 bits per heavy atom. The molecule has 1 aliphatic rings. The molecule has 2 aromatic heterocycles. The molecule has 3 rings (SSSR count). The van der Waals surface area contributed by atoms with Crippen LogP contribution < -0.4 is 10.2 Å². The van der Waals surface area contributed by atoms with Crippen molar-refractivity contribution in [1.29, 1.82) is 0 Å². The average molecular weight is 402 g/mol. The summed E-state index contributed by atoms with van der Waals surface area (Å²) in [6, 6.07) is 5.03. The van der Waals surface area contributed by atoms with E-state index in [1.807, 2.05) is 29.3 Å². The van der Waals surface area contributed by atoms with E-state index in [1.54, 1.807) is 13.0 Å². The summed E-state index contributed by atoms with van der Waals surface area (Å²) in [5.41, 5.74) is 0.956. The molecule has 1 fully saturated rings. The molecule has 0 aliphatic carbocycles. The second-order valence-corrected chi connectivity index (χ2v) is 8.31. The standard InChI is InChI=1S/C20H27N5O2S/c1-13(2)18-21-14(3)12-17(23-18)24-7-9-25(10-8-24)20(27)15(4)22-19(26)16-6-5-11-28-16/h5-6,11-13,15H,7-10H2,1-4H3,(H,22,26). The maximum absolute atomic E-state index is 12.7. The van der Waals surface area contributed by atoms with Gasteiger partial charge in [0, 0.05) is 43.9 Å². The Labute approximate surface area is 169 Å². The quantitative estimate of drug-likeness (QED) is 0.833. The third kappa shape index (κ3) is 4.67. The second-order valence-electron chi connectivity index (χ2n) is 7.37. The molecule has 3 heterocycles. The highest BCUT2D eigenvalue weighted by molar-refractivity contribution is 7.12. The first-order valence-corrected chi connectivity index (χ1v) is 10.5. The number of thiophene rings is 1. The number of carbonyl (C=O) groups is 2. The van der Waals surface area contributed by atoms with Crippen LogP contribution in [0.2, 0.25) is 0 Å². The summed E-state index contributed by atoms with van der Waals surface area (Å²) in [5.74, 6) is 1.79. The summed E-state index contributed by atoms with van der Waals surface area (Å²) in [6.07, 6.45) is 0. The van der Waals surface area contributed by atoms with E-state index >= 15 is 0 Å². The Morgan fingerprint density at radius 1 is 1.14 bits per heavy atom. The van der Waals surface area contributed by atoms with E-state index < -0.39 is 6.04 Å². The predicted molar refractivity (Wildman–Crippen MR) is 111 cm³/mol. The minimum absolute atomic E-state index is 0.0497. The monoisotopic (exact) mass is 401 g/mol. The molecule has 0 radical (unpaired) electrons. The van der Waals surface area contributed by atoms with Gasteiger partial charge in [-0.15, -0.1) is 11.3 Å². The molecular formula is C20H27N5O2S. The lowest BCUT2D eigenvalue weighted by molar-refractivity contribution is -0.133.